The summed E-state index contributed by atoms with van der Waals surface area (Å²) in [4.78, 5) is 0. The summed E-state index contributed by atoms with van der Waals surface area (Å²) in [5.41, 5.74) is 2.36. The smallest absolute Gasteiger partial charge is 0.164 e. The highest BCUT2D eigenvalue weighted by Gasteiger charge is 2.25. The molecule has 1 aromatic carbocycles. The third kappa shape index (κ3) is 2.35. The molecule has 0 spiro atoms. The fourth-order valence-corrected chi connectivity index (χ4v) is 2.49. The van der Waals surface area contributed by atoms with E-state index in [0.717, 1.165) is 24.3 Å². The first-order chi connectivity index (χ1) is 8.31. The van der Waals surface area contributed by atoms with Crippen molar-refractivity contribution in [1.82, 2.24) is 0 Å². The molecule has 94 valence electrons. The van der Waals surface area contributed by atoms with Gasteiger partial charge in [-0.05, 0) is 24.5 Å². The van der Waals surface area contributed by atoms with E-state index in [1.807, 2.05) is 12.1 Å². The molecule has 0 N–H and O–H groups in total. The van der Waals surface area contributed by atoms with Crippen LogP contribution in [0.15, 0.2) is 12.1 Å². The first kappa shape index (κ1) is 12.5. The molecule has 1 heterocycles. The lowest BCUT2D eigenvalue weighted by Crippen LogP contribution is -2.18. The third-order valence-electron chi connectivity index (χ3n) is 3.07. The number of rotatable bonds is 4. The van der Waals surface area contributed by atoms with Crippen molar-refractivity contribution in [2.45, 2.75) is 18.9 Å². The quantitative estimate of drug-likeness (QED) is 0.776. The van der Waals surface area contributed by atoms with Crippen LogP contribution in [0.1, 0.15) is 23.7 Å². The van der Waals surface area contributed by atoms with Gasteiger partial charge in [-0.25, -0.2) is 0 Å². The SMILES string of the molecule is COc1ccc2c(c1OC)CCOC2CCCl. The monoisotopic (exact) mass is 256 g/mol. The Morgan fingerprint density at radius 2 is 2.18 bits per heavy atom. The van der Waals surface area contributed by atoms with Crippen molar-refractivity contribution in [3.63, 3.8) is 0 Å². The number of halogens is 1. The molecule has 4 heteroatoms. The molecular formula is C13H17ClO3. The Morgan fingerprint density at radius 1 is 1.35 bits per heavy atom. The number of ether oxygens (including phenoxy) is 3. The Labute approximate surface area is 107 Å². The summed E-state index contributed by atoms with van der Waals surface area (Å²) in [6.45, 7) is 0.706. The molecule has 0 amide bonds. The minimum atomic E-state index is 0.0797. The summed E-state index contributed by atoms with van der Waals surface area (Å²) in [5.74, 6) is 2.20. The van der Waals surface area contributed by atoms with Crippen molar-refractivity contribution in [1.29, 1.82) is 0 Å². The summed E-state index contributed by atoms with van der Waals surface area (Å²) in [6, 6.07) is 3.97. The van der Waals surface area contributed by atoms with Crippen LogP contribution in [0.3, 0.4) is 0 Å². The zero-order valence-corrected chi connectivity index (χ0v) is 10.9. The van der Waals surface area contributed by atoms with Crippen LogP contribution in [0.25, 0.3) is 0 Å². The zero-order chi connectivity index (χ0) is 12.3. The van der Waals surface area contributed by atoms with Crippen LogP contribution in [-0.2, 0) is 11.2 Å². The van der Waals surface area contributed by atoms with Crippen LogP contribution in [0.2, 0.25) is 0 Å². The number of hydrogen-bond donors (Lipinski definition) is 0. The van der Waals surface area contributed by atoms with Gasteiger partial charge in [0.05, 0.1) is 26.9 Å². The topological polar surface area (TPSA) is 27.7 Å². The van der Waals surface area contributed by atoms with Crippen molar-refractivity contribution in [2.24, 2.45) is 0 Å². The van der Waals surface area contributed by atoms with E-state index in [-0.39, 0.29) is 6.10 Å². The highest BCUT2D eigenvalue weighted by atomic mass is 35.5. The minimum absolute atomic E-state index is 0.0797. The first-order valence-electron chi connectivity index (χ1n) is 5.73. The molecule has 0 radical (unpaired) electrons. The van der Waals surface area contributed by atoms with Crippen molar-refractivity contribution in [3.05, 3.63) is 23.3 Å². The van der Waals surface area contributed by atoms with Gasteiger partial charge in [0, 0.05) is 11.4 Å². The van der Waals surface area contributed by atoms with Gasteiger partial charge in [-0.1, -0.05) is 6.07 Å². The van der Waals surface area contributed by atoms with Crippen LogP contribution >= 0.6 is 11.6 Å². The van der Waals surface area contributed by atoms with Gasteiger partial charge in [-0.15, -0.1) is 11.6 Å². The Hall–Kier alpha value is -0.930. The molecule has 0 aromatic heterocycles. The third-order valence-corrected chi connectivity index (χ3v) is 3.29. The largest absolute Gasteiger partial charge is 0.493 e. The average Bonchev–Trinajstić information content (AvgIpc) is 2.38. The second kappa shape index (κ2) is 5.61. The molecule has 0 saturated heterocycles. The molecule has 1 atom stereocenters. The molecule has 0 saturated carbocycles. The van der Waals surface area contributed by atoms with Crippen molar-refractivity contribution in [2.75, 3.05) is 26.7 Å². The highest BCUT2D eigenvalue weighted by Crippen LogP contribution is 2.40. The van der Waals surface area contributed by atoms with Crippen molar-refractivity contribution in [3.8, 4) is 11.5 Å². The van der Waals surface area contributed by atoms with Crippen LogP contribution in [0, 0.1) is 0 Å². The maximum absolute atomic E-state index is 5.80. The van der Waals surface area contributed by atoms with E-state index in [0.29, 0.717) is 12.5 Å². The molecule has 0 aliphatic carbocycles. The Morgan fingerprint density at radius 3 is 2.82 bits per heavy atom. The summed E-state index contributed by atoms with van der Waals surface area (Å²) in [6.07, 6.45) is 1.76. The van der Waals surface area contributed by atoms with Crippen LogP contribution in [0.5, 0.6) is 11.5 Å². The van der Waals surface area contributed by atoms with Gasteiger partial charge in [-0.2, -0.15) is 0 Å². The molecule has 1 aliphatic heterocycles. The van der Waals surface area contributed by atoms with Crippen molar-refractivity contribution < 1.29 is 14.2 Å². The normalized spacial score (nSPS) is 18.6. The van der Waals surface area contributed by atoms with E-state index < -0.39 is 0 Å². The lowest BCUT2D eigenvalue weighted by molar-refractivity contribution is 0.0396. The number of hydrogen-bond acceptors (Lipinski definition) is 3. The highest BCUT2D eigenvalue weighted by molar-refractivity contribution is 6.17. The predicted octanol–water partition coefficient (Wildman–Crippen LogP) is 2.95. The predicted molar refractivity (Wildman–Crippen MR) is 67.3 cm³/mol. The maximum atomic E-state index is 5.80. The van der Waals surface area contributed by atoms with Gasteiger partial charge < -0.3 is 14.2 Å². The van der Waals surface area contributed by atoms with E-state index in [1.54, 1.807) is 14.2 Å². The number of benzene rings is 1. The lowest BCUT2D eigenvalue weighted by atomic mass is 9.95. The summed E-state index contributed by atoms with van der Waals surface area (Å²) in [7, 11) is 3.32. The van der Waals surface area contributed by atoms with E-state index in [4.69, 9.17) is 25.8 Å². The molecule has 0 fully saturated rings. The van der Waals surface area contributed by atoms with E-state index in [2.05, 4.69) is 0 Å². The van der Waals surface area contributed by atoms with Crippen LogP contribution < -0.4 is 9.47 Å². The maximum Gasteiger partial charge on any atom is 0.164 e. The molecule has 1 unspecified atom stereocenters. The molecule has 3 nitrogen and oxygen atoms in total. The average molecular weight is 257 g/mol. The Bertz CT molecular complexity index is 392. The number of alkyl halides is 1. The lowest BCUT2D eigenvalue weighted by Gasteiger charge is -2.27. The van der Waals surface area contributed by atoms with Gasteiger partial charge >= 0.3 is 0 Å². The summed E-state index contributed by atoms with van der Waals surface area (Å²) < 4.78 is 16.5. The standard InChI is InChI=1S/C13H17ClO3/c1-15-12-4-3-9-10(13(12)16-2)6-8-17-11(9)5-7-14/h3-4,11H,5-8H2,1-2H3. The van der Waals surface area contributed by atoms with Gasteiger partial charge in [0.25, 0.3) is 0 Å². The van der Waals surface area contributed by atoms with E-state index >= 15 is 0 Å². The molecule has 1 aromatic rings. The fraction of sp³-hybridized carbons (Fsp3) is 0.538. The molecule has 0 bridgehead atoms. The van der Waals surface area contributed by atoms with Gasteiger partial charge in [0.1, 0.15) is 0 Å². The second-order valence-electron chi connectivity index (χ2n) is 3.96. The number of fused-ring (bicyclic) bond motifs is 1. The fourth-order valence-electron chi connectivity index (χ4n) is 2.30. The van der Waals surface area contributed by atoms with Gasteiger partial charge in [0.15, 0.2) is 11.5 Å². The van der Waals surface area contributed by atoms with Crippen LogP contribution in [0.4, 0.5) is 0 Å². The molecule has 2 rings (SSSR count). The van der Waals surface area contributed by atoms with Gasteiger partial charge in [0.2, 0.25) is 0 Å². The summed E-state index contributed by atoms with van der Waals surface area (Å²) >= 11 is 5.80. The molecule has 1 aliphatic rings. The summed E-state index contributed by atoms with van der Waals surface area (Å²) in [5, 5.41) is 0. The van der Waals surface area contributed by atoms with Crippen LogP contribution in [-0.4, -0.2) is 26.7 Å². The van der Waals surface area contributed by atoms with E-state index in [1.165, 1.54) is 11.1 Å². The number of methoxy groups -OCH3 is 2. The zero-order valence-electron chi connectivity index (χ0n) is 10.2. The minimum Gasteiger partial charge on any atom is -0.493 e. The van der Waals surface area contributed by atoms with Gasteiger partial charge in [-0.3, -0.25) is 0 Å². The Balaban J connectivity index is 2.43. The molecule has 17 heavy (non-hydrogen) atoms. The molecular weight excluding hydrogens is 240 g/mol. The second-order valence-corrected chi connectivity index (χ2v) is 4.33. The first-order valence-corrected chi connectivity index (χ1v) is 6.26. The van der Waals surface area contributed by atoms with E-state index in [9.17, 15) is 0 Å². The Kier molecular flexibility index (Phi) is 4.13. The van der Waals surface area contributed by atoms with Crippen molar-refractivity contribution >= 4 is 11.6 Å².